The number of nitrogens with zero attached hydrogens (tertiary/aromatic N) is 1. The number of halogens is 2. The van der Waals surface area contributed by atoms with Gasteiger partial charge in [0.1, 0.15) is 10.6 Å². The Kier molecular flexibility index (Phi) is 7.35. The third-order valence-electron chi connectivity index (χ3n) is 3.70. The summed E-state index contributed by atoms with van der Waals surface area (Å²) in [5, 5.41) is 15.7. The third-order valence-corrected chi connectivity index (χ3v) is 4.96. The lowest BCUT2D eigenvalue weighted by atomic mass is 10.2. The van der Waals surface area contributed by atoms with Gasteiger partial charge in [-0.1, -0.05) is 17.7 Å². The minimum Gasteiger partial charge on any atom is -0.492 e. The molecule has 0 heterocycles. The molecule has 0 bridgehead atoms. The Morgan fingerprint density at radius 3 is 2.62 bits per heavy atom. The normalized spacial score (nSPS) is 11.0. The Morgan fingerprint density at radius 2 is 2.00 bits per heavy atom. The highest BCUT2D eigenvalue weighted by Gasteiger charge is 2.16. The SMILES string of the molecule is Cc1ccc(NC(=O)NCCCOc2ccc([N+](=O)[O-])cc2Cl)cc1S(=O)(=O)F. The van der Waals surface area contributed by atoms with Crippen LogP contribution in [0, 0.1) is 17.0 Å². The van der Waals surface area contributed by atoms with Crippen LogP contribution in [0.5, 0.6) is 5.75 Å². The first-order valence-electron chi connectivity index (χ1n) is 8.25. The molecule has 9 nitrogen and oxygen atoms in total. The molecule has 0 saturated heterocycles. The molecular formula is C17H17ClFN3O6S. The fourth-order valence-electron chi connectivity index (χ4n) is 2.29. The predicted molar refractivity (Wildman–Crippen MR) is 105 cm³/mol. The highest BCUT2D eigenvalue weighted by molar-refractivity contribution is 7.86. The van der Waals surface area contributed by atoms with E-state index in [0.29, 0.717) is 6.42 Å². The van der Waals surface area contributed by atoms with Crippen molar-refractivity contribution < 1.29 is 26.8 Å². The molecule has 2 amide bonds. The number of hydrogen-bond donors (Lipinski definition) is 2. The molecule has 0 saturated carbocycles. The molecule has 0 aromatic heterocycles. The first-order valence-corrected chi connectivity index (χ1v) is 10.0. The van der Waals surface area contributed by atoms with Gasteiger partial charge in [0.15, 0.2) is 0 Å². The van der Waals surface area contributed by atoms with Crippen molar-refractivity contribution >= 4 is 39.2 Å². The van der Waals surface area contributed by atoms with E-state index in [9.17, 15) is 27.2 Å². The fourth-order valence-corrected chi connectivity index (χ4v) is 3.24. The number of non-ortho nitro benzene ring substituents is 1. The molecule has 2 N–H and O–H groups in total. The maximum atomic E-state index is 13.2. The molecule has 0 atom stereocenters. The molecule has 0 spiro atoms. The van der Waals surface area contributed by atoms with Gasteiger partial charge in [-0.05, 0) is 37.1 Å². The first kappa shape index (κ1) is 22.4. The van der Waals surface area contributed by atoms with E-state index in [1.54, 1.807) is 0 Å². The van der Waals surface area contributed by atoms with E-state index >= 15 is 0 Å². The lowest BCUT2D eigenvalue weighted by molar-refractivity contribution is -0.384. The molecule has 0 aliphatic rings. The summed E-state index contributed by atoms with van der Waals surface area (Å²) in [5.41, 5.74) is 0.194. The molecule has 0 fully saturated rings. The van der Waals surface area contributed by atoms with Crippen LogP contribution in [-0.2, 0) is 10.2 Å². The summed E-state index contributed by atoms with van der Waals surface area (Å²) in [6.45, 7) is 1.84. The van der Waals surface area contributed by atoms with Crippen molar-refractivity contribution in [2.24, 2.45) is 0 Å². The Labute approximate surface area is 171 Å². The van der Waals surface area contributed by atoms with E-state index in [1.165, 1.54) is 37.3 Å². The van der Waals surface area contributed by atoms with Crippen LogP contribution in [0.25, 0.3) is 0 Å². The molecule has 2 rings (SSSR count). The van der Waals surface area contributed by atoms with Gasteiger partial charge in [-0.25, -0.2) is 4.79 Å². The van der Waals surface area contributed by atoms with Crippen LogP contribution in [-0.4, -0.2) is 32.5 Å². The topological polar surface area (TPSA) is 128 Å². The van der Waals surface area contributed by atoms with E-state index in [2.05, 4.69) is 10.6 Å². The van der Waals surface area contributed by atoms with Crippen LogP contribution >= 0.6 is 11.6 Å². The third kappa shape index (κ3) is 6.57. The second kappa shape index (κ2) is 9.52. The highest BCUT2D eigenvalue weighted by atomic mass is 35.5. The van der Waals surface area contributed by atoms with Crippen LogP contribution < -0.4 is 15.4 Å². The number of rotatable bonds is 8. The van der Waals surface area contributed by atoms with Crippen LogP contribution in [0.1, 0.15) is 12.0 Å². The standard InChI is InChI=1S/C17H17ClFN3O6S/c1-11-3-4-12(9-16(11)29(19,26)27)21-17(23)20-7-2-8-28-15-6-5-13(22(24)25)10-14(15)18/h3-6,9-10H,2,7-8H2,1H3,(H2,20,21,23). The summed E-state index contributed by atoms with van der Waals surface area (Å²) in [7, 11) is -4.89. The summed E-state index contributed by atoms with van der Waals surface area (Å²) in [5.74, 6) is 0.279. The van der Waals surface area contributed by atoms with Gasteiger partial charge < -0.3 is 15.4 Å². The van der Waals surface area contributed by atoms with Gasteiger partial charge in [0.2, 0.25) is 0 Å². The molecule has 0 radical (unpaired) electrons. The molecule has 12 heteroatoms. The Balaban J connectivity index is 1.79. The van der Waals surface area contributed by atoms with Gasteiger partial charge in [0, 0.05) is 24.4 Å². The summed E-state index contributed by atoms with van der Waals surface area (Å²) in [4.78, 5) is 21.4. The number of aryl methyl sites for hydroxylation is 1. The predicted octanol–water partition coefficient (Wildman–Crippen LogP) is 3.81. The largest absolute Gasteiger partial charge is 0.492 e. The van der Waals surface area contributed by atoms with Crippen molar-refractivity contribution in [3.8, 4) is 5.75 Å². The van der Waals surface area contributed by atoms with Crippen molar-refractivity contribution in [1.29, 1.82) is 0 Å². The number of nitro benzene ring substituents is 1. The van der Waals surface area contributed by atoms with Crippen molar-refractivity contribution in [3.05, 3.63) is 57.1 Å². The van der Waals surface area contributed by atoms with E-state index in [4.69, 9.17) is 16.3 Å². The molecule has 2 aromatic carbocycles. The zero-order valence-corrected chi connectivity index (χ0v) is 16.7. The molecule has 0 aliphatic carbocycles. The van der Waals surface area contributed by atoms with E-state index in [1.807, 2.05) is 0 Å². The van der Waals surface area contributed by atoms with Gasteiger partial charge in [0.25, 0.3) is 5.69 Å². The number of hydrogen-bond acceptors (Lipinski definition) is 6. The molecule has 2 aromatic rings. The monoisotopic (exact) mass is 445 g/mol. The number of benzene rings is 2. The molecule has 0 aliphatic heterocycles. The quantitative estimate of drug-likeness (QED) is 0.275. The van der Waals surface area contributed by atoms with Gasteiger partial charge in [-0.2, -0.15) is 8.42 Å². The van der Waals surface area contributed by atoms with Gasteiger partial charge in [-0.15, -0.1) is 3.89 Å². The van der Waals surface area contributed by atoms with Gasteiger partial charge >= 0.3 is 16.3 Å². The van der Waals surface area contributed by atoms with E-state index < -0.39 is 26.1 Å². The second-order valence-corrected chi connectivity index (χ2v) is 7.60. The van der Waals surface area contributed by atoms with E-state index in [0.717, 1.165) is 6.07 Å². The summed E-state index contributed by atoms with van der Waals surface area (Å²) in [6.07, 6.45) is 0.402. The average molecular weight is 446 g/mol. The number of amides is 2. The maximum Gasteiger partial charge on any atom is 0.332 e. The zero-order chi connectivity index (χ0) is 21.6. The van der Waals surface area contributed by atoms with Gasteiger partial charge in [0.05, 0.1) is 16.6 Å². The Hall–Kier alpha value is -2.92. The fraction of sp³-hybridized carbons (Fsp3) is 0.235. The second-order valence-electron chi connectivity index (χ2n) is 5.87. The molecule has 0 unspecified atom stereocenters. The minimum absolute atomic E-state index is 0.0999. The number of nitrogens with one attached hydrogen (secondary N) is 2. The van der Waals surface area contributed by atoms with Crippen LogP contribution in [0.15, 0.2) is 41.3 Å². The van der Waals surface area contributed by atoms with Crippen molar-refractivity contribution in [2.75, 3.05) is 18.5 Å². The number of urea groups is 1. The Bertz CT molecular complexity index is 1030. The number of carbonyl (C=O) groups is 1. The number of ether oxygens (including phenoxy) is 1. The molecule has 156 valence electrons. The van der Waals surface area contributed by atoms with E-state index in [-0.39, 0.29) is 40.9 Å². The smallest absolute Gasteiger partial charge is 0.332 e. The summed E-state index contributed by atoms with van der Waals surface area (Å²) in [6, 6.07) is 7.08. The summed E-state index contributed by atoms with van der Waals surface area (Å²) < 4.78 is 40.8. The first-order chi connectivity index (χ1) is 13.6. The molecular weight excluding hydrogens is 429 g/mol. The van der Waals surface area contributed by atoms with Crippen molar-refractivity contribution in [2.45, 2.75) is 18.2 Å². The highest BCUT2D eigenvalue weighted by Crippen LogP contribution is 2.28. The molecule has 29 heavy (non-hydrogen) atoms. The number of nitro groups is 1. The van der Waals surface area contributed by atoms with Crippen LogP contribution in [0.3, 0.4) is 0 Å². The Morgan fingerprint density at radius 1 is 1.28 bits per heavy atom. The summed E-state index contributed by atoms with van der Waals surface area (Å²) >= 11 is 5.90. The van der Waals surface area contributed by atoms with Crippen LogP contribution in [0.4, 0.5) is 20.1 Å². The number of carbonyl (C=O) groups excluding carboxylic acids is 1. The van der Waals surface area contributed by atoms with Crippen molar-refractivity contribution in [3.63, 3.8) is 0 Å². The zero-order valence-electron chi connectivity index (χ0n) is 15.1. The lowest BCUT2D eigenvalue weighted by Crippen LogP contribution is -2.30. The lowest BCUT2D eigenvalue weighted by Gasteiger charge is -2.10. The minimum atomic E-state index is -4.89. The maximum absolute atomic E-state index is 13.2. The average Bonchev–Trinajstić information content (AvgIpc) is 2.63. The van der Waals surface area contributed by atoms with Crippen molar-refractivity contribution in [1.82, 2.24) is 5.32 Å². The van der Waals surface area contributed by atoms with Gasteiger partial charge in [-0.3, -0.25) is 10.1 Å². The number of anilines is 1. The van der Waals surface area contributed by atoms with Crippen LogP contribution in [0.2, 0.25) is 5.02 Å².